The summed E-state index contributed by atoms with van der Waals surface area (Å²) >= 11 is 0. The molecule has 0 amide bonds. The van der Waals surface area contributed by atoms with Crippen molar-refractivity contribution in [1.82, 2.24) is 0 Å². The third kappa shape index (κ3) is 3.58. The number of hydrogen-bond acceptors (Lipinski definition) is 9. The van der Waals surface area contributed by atoms with Crippen LogP contribution in [0.2, 0.25) is 0 Å². The lowest BCUT2D eigenvalue weighted by Gasteiger charge is -2.44. The molecule has 0 bridgehead atoms. The molecular weight excluding hydrogens is 298 g/mol. The summed E-state index contributed by atoms with van der Waals surface area (Å²) in [6.07, 6.45) is -9.49. The number of aliphatic hydroxyl groups is 5. The lowest BCUT2D eigenvalue weighted by atomic mass is 9.97. The molecule has 9 nitrogen and oxygen atoms in total. The molecule has 2 rings (SSSR count). The van der Waals surface area contributed by atoms with Gasteiger partial charge in [-0.05, 0) is 6.42 Å². The van der Waals surface area contributed by atoms with E-state index in [1.165, 1.54) is 0 Å². The van der Waals surface area contributed by atoms with Crippen LogP contribution < -0.4 is 5.73 Å². The zero-order chi connectivity index (χ0) is 16.4. The number of hydrogen-bond donors (Lipinski definition) is 6. The standard InChI is InChI=1S/C13H25NO8/c1-2-5-3-6(15)8(16)13(20-5)22-11-7(4-14)21-12(19)10(18)9(11)17/h5-13,15-19H,2-4,14H2,1H3. The number of rotatable bonds is 4. The zero-order valence-electron chi connectivity index (χ0n) is 12.4. The first-order valence-electron chi connectivity index (χ1n) is 7.45. The fourth-order valence-corrected chi connectivity index (χ4v) is 2.72. The lowest BCUT2D eigenvalue weighted by molar-refractivity contribution is -0.339. The molecule has 130 valence electrons. The van der Waals surface area contributed by atoms with E-state index in [-0.39, 0.29) is 19.1 Å². The highest BCUT2D eigenvalue weighted by Gasteiger charge is 2.47. The summed E-state index contributed by atoms with van der Waals surface area (Å²) in [6, 6.07) is 0. The van der Waals surface area contributed by atoms with Crippen LogP contribution in [0, 0.1) is 0 Å². The van der Waals surface area contributed by atoms with Crippen LogP contribution in [0.4, 0.5) is 0 Å². The van der Waals surface area contributed by atoms with Crippen molar-refractivity contribution in [3.05, 3.63) is 0 Å². The maximum Gasteiger partial charge on any atom is 0.186 e. The highest BCUT2D eigenvalue weighted by atomic mass is 16.7. The molecule has 9 unspecified atom stereocenters. The third-order valence-electron chi connectivity index (χ3n) is 4.14. The van der Waals surface area contributed by atoms with Crippen LogP contribution in [0.25, 0.3) is 0 Å². The monoisotopic (exact) mass is 323 g/mol. The summed E-state index contributed by atoms with van der Waals surface area (Å²) in [5.74, 6) is 0. The van der Waals surface area contributed by atoms with E-state index < -0.39 is 49.2 Å². The highest BCUT2D eigenvalue weighted by Crippen LogP contribution is 2.28. The predicted octanol–water partition coefficient (Wildman–Crippen LogP) is -2.98. The SMILES string of the molecule is CCC1CC(O)C(O)C(OC2C(CN)OC(O)C(O)C2O)O1. The smallest absolute Gasteiger partial charge is 0.186 e. The summed E-state index contributed by atoms with van der Waals surface area (Å²) in [6.45, 7) is 1.79. The van der Waals surface area contributed by atoms with Crippen LogP contribution in [-0.4, -0.2) is 87.4 Å². The van der Waals surface area contributed by atoms with Crippen molar-refractivity contribution in [2.45, 2.75) is 75.1 Å². The number of nitrogens with two attached hydrogens (primary N) is 1. The fraction of sp³-hybridized carbons (Fsp3) is 1.00. The van der Waals surface area contributed by atoms with Gasteiger partial charge >= 0.3 is 0 Å². The molecule has 2 heterocycles. The molecule has 0 aromatic heterocycles. The van der Waals surface area contributed by atoms with Crippen molar-refractivity contribution in [2.24, 2.45) is 5.73 Å². The summed E-state index contributed by atoms with van der Waals surface area (Å²) in [5.41, 5.74) is 5.52. The van der Waals surface area contributed by atoms with Crippen molar-refractivity contribution < 1.29 is 39.7 Å². The van der Waals surface area contributed by atoms with Gasteiger partial charge in [-0.3, -0.25) is 0 Å². The Kier molecular flexibility index (Phi) is 6.11. The molecular formula is C13H25NO8. The second kappa shape index (κ2) is 7.47. The second-order valence-electron chi connectivity index (χ2n) is 5.71. The maximum atomic E-state index is 10.0. The summed E-state index contributed by atoms with van der Waals surface area (Å²) < 4.78 is 16.1. The minimum absolute atomic E-state index is 0.0753. The first-order chi connectivity index (χ1) is 10.4. The molecule has 0 saturated carbocycles. The molecule has 2 fully saturated rings. The van der Waals surface area contributed by atoms with E-state index in [4.69, 9.17) is 19.9 Å². The van der Waals surface area contributed by atoms with E-state index in [9.17, 15) is 25.5 Å². The van der Waals surface area contributed by atoms with Gasteiger partial charge in [0.1, 0.15) is 30.5 Å². The molecule has 9 atom stereocenters. The van der Waals surface area contributed by atoms with Gasteiger partial charge in [0.25, 0.3) is 0 Å². The molecule has 0 aromatic carbocycles. The molecule has 0 aliphatic carbocycles. The van der Waals surface area contributed by atoms with Crippen molar-refractivity contribution >= 4 is 0 Å². The number of ether oxygens (including phenoxy) is 3. The van der Waals surface area contributed by atoms with E-state index in [2.05, 4.69) is 0 Å². The van der Waals surface area contributed by atoms with Gasteiger partial charge in [0.15, 0.2) is 12.6 Å². The van der Waals surface area contributed by atoms with Gasteiger partial charge in [-0.15, -0.1) is 0 Å². The Hall–Kier alpha value is -0.360. The van der Waals surface area contributed by atoms with Gasteiger partial charge in [-0.2, -0.15) is 0 Å². The molecule has 7 N–H and O–H groups in total. The summed E-state index contributed by atoms with van der Waals surface area (Å²) in [4.78, 5) is 0. The lowest BCUT2D eigenvalue weighted by Crippen LogP contribution is -2.62. The summed E-state index contributed by atoms with van der Waals surface area (Å²) in [7, 11) is 0. The molecule has 22 heavy (non-hydrogen) atoms. The Balaban J connectivity index is 2.08. The highest BCUT2D eigenvalue weighted by molar-refractivity contribution is 4.92. The van der Waals surface area contributed by atoms with Gasteiger partial charge in [0, 0.05) is 13.0 Å². The fourth-order valence-electron chi connectivity index (χ4n) is 2.72. The molecule has 2 aliphatic rings. The second-order valence-corrected chi connectivity index (χ2v) is 5.71. The van der Waals surface area contributed by atoms with E-state index in [0.29, 0.717) is 6.42 Å². The van der Waals surface area contributed by atoms with Crippen LogP contribution in [0.15, 0.2) is 0 Å². The van der Waals surface area contributed by atoms with Crippen molar-refractivity contribution in [3.63, 3.8) is 0 Å². The van der Waals surface area contributed by atoms with Crippen molar-refractivity contribution in [1.29, 1.82) is 0 Å². The molecule has 2 saturated heterocycles. The van der Waals surface area contributed by atoms with E-state index in [1.54, 1.807) is 0 Å². The van der Waals surface area contributed by atoms with Gasteiger partial charge < -0.3 is 45.5 Å². The van der Waals surface area contributed by atoms with Crippen LogP contribution in [0.1, 0.15) is 19.8 Å². The topological polar surface area (TPSA) is 155 Å². The van der Waals surface area contributed by atoms with Crippen molar-refractivity contribution in [3.8, 4) is 0 Å². The zero-order valence-corrected chi connectivity index (χ0v) is 12.4. The van der Waals surface area contributed by atoms with E-state index in [1.807, 2.05) is 6.92 Å². The van der Waals surface area contributed by atoms with E-state index >= 15 is 0 Å². The first kappa shape index (κ1) is 18.0. The quantitative estimate of drug-likeness (QED) is 0.318. The minimum Gasteiger partial charge on any atom is -0.390 e. The molecule has 9 heteroatoms. The Morgan fingerprint density at radius 3 is 2.32 bits per heavy atom. The van der Waals surface area contributed by atoms with Crippen LogP contribution in [-0.2, 0) is 14.2 Å². The molecule has 0 radical (unpaired) electrons. The first-order valence-corrected chi connectivity index (χ1v) is 7.45. The molecule has 2 aliphatic heterocycles. The van der Waals surface area contributed by atoms with Gasteiger partial charge in [0.05, 0.1) is 12.2 Å². The summed E-state index contributed by atoms with van der Waals surface area (Å²) in [5, 5.41) is 49.0. The minimum atomic E-state index is -1.57. The molecule has 0 aromatic rings. The predicted molar refractivity (Wildman–Crippen MR) is 72.4 cm³/mol. The normalized spacial score (nSPS) is 50.0. The maximum absolute atomic E-state index is 10.0. The Morgan fingerprint density at radius 1 is 1.05 bits per heavy atom. The Bertz CT molecular complexity index is 357. The third-order valence-corrected chi connectivity index (χ3v) is 4.14. The largest absolute Gasteiger partial charge is 0.390 e. The van der Waals surface area contributed by atoms with Crippen LogP contribution in [0.3, 0.4) is 0 Å². The van der Waals surface area contributed by atoms with Crippen LogP contribution >= 0.6 is 0 Å². The van der Waals surface area contributed by atoms with Gasteiger partial charge in [0.2, 0.25) is 0 Å². The van der Waals surface area contributed by atoms with Gasteiger partial charge in [-0.25, -0.2) is 0 Å². The van der Waals surface area contributed by atoms with E-state index in [0.717, 1.165) is 0 Å². The van der Waals surface area contributed by atoms with Gasteiger partial charge in [-0.1, -0.05) is 6.92 Å². The van der Waals surface area contributed by atoms with Crippen molar-refractivity contribution in [2.75, 3.05) is 6.54 Å². The van der Waals surface area contributed by atoms with Crippen LogP contribution in [0.5, 0.6) is 0 Å². The molecule has 0 spiro atoms. The average Bonchev–Trinajstić information content (AvgIpc) is 2.51. The Morgan fingerprint density at radius 2 is 1.73 bits per heavy atom. The Labute approximate surface area is 128 Å². The number of aliphatic hydroxyl groups excluding tert-OH is 5. The average molecular weight is 323 g/mol.